The minimum absolute atomic E-state index is 0.276. The van der Waals surface area contributed by atoms with Crippen LogP contribution in [0, 0.1) is 5.92 Å². The number of halogens is 2. The van der Waals surface area contributed by atoms with Crippen molar-refractivity contribution in [2.24, 2.45) is 10.9 Å². The number of aromatic amines is 1. The number of aliphatic imine (C=N–C) groups is 1. The van der Waals surface area contributed by atoms with Gasteiger partial charge in [0, 0.05) is 16.3 Å². The zero-order valence-corrected chi connectivity index (χ0v) is 20.6. The molecule has 10 heteroatoms. The van der Waals surface area contributed by atoms with E-state index in [1.54, 1.807) is 32.9 Å². The van der Waals surface area contributed by atoms with Crippen molar-refractivity contribution in [3.63, 3.8) is 0 Å². The number of H-pyrrole nitrogens is 1. The normalized spacial score (nSPS) is 15.0. The van der Waals surface area contributed by atoms with Crippen LogP contribution < -0.4 is 0 Å². The van der Waals surface area contributed by atoms with Crippen LogP contribution in [0.4, 0.5) is 5.95 Å². The fourth-order valence-electron chi connectivity index (χ4n) is 3.70. The van der Waals surface area contributed by atoms with Gasteiger partial charge in [-0.25, -0.2) is 9.98 Å². The number of nitrogens with one attached hydrogen (secondary N) is 1. The minimum Gasteiger partial charge on any atom is -0.322 e. The second-order valence-corrected chi connectivity index (χ2v) is 9.84. The lowest BCUT2D eigenvalue weighted by atomic mass is 10.1. The van der Waals surface area contributed by atoms with Gasteiger partial charge in [-0.15, -0.1) is 0 Å². The molecule has 0 bridgehead atoms. The van der Waals surface area contributed by atoms with Crippen molar-refractivity contribution < 1.29 is 9.59 Å². The first-order valence-corrected chi connectivity index (χ1v) is 12.2. The molecule has 1 aliphatic rings. The summed E-state index contributed by atoms with van der Waals surface area (Å²) in [6.45, 7) is 0.552. The Morgan fingerprint density at radius 2 is 1.49 bits per heavy atom. The number of amides is 2. The predicted octanol–water partition coefficient (Wildman–Crippen LogP) is 5.82. The number of carbonyl (C=O) groups excluding carboxylic acids is 2. The highest BCUT2D eigenvalue weighted by atomic mass is 35.5. The van der Waals surface area contributed by atoms with Gasteiger partial charge in [-0.1, -0.05) is 59.6 Å². The number of aromatic nitrogens is 2. The summed E-state index contributed by atoms with van der Waals surface area (Å²) in [4.78, 5) is 38.5. The van der Waals surface area contributed by atoms with Crippen LogP contribution >= 0.6 is 35.3 Å². The lowest BCUT2D eigenvalue weighted by Gasteiger charge is -2.36. The fraction of sp³-hybridized carbons (Fsp3) is 0.120. The third kappa shape index (κ3) is 5.35. The summed E-state index contributed by atoms with van der Waals surface area (Å²) >= 11 is 13.3. The third-order valence-electron chi connectivity index (χ3n) is 5.37. The number of para-hydroxylation sites is 2. The second kappa shape index (κ2) is 10.1. The number of fused-ring (bicyclic) bond motifs is 1. The molecule has 5 rings (SSSR count). The maximum absolute atomic E-state index is 13.4. The van der Waals surface area contributed by atoms with Crippen molar-refractivity contribution in [3.05, 3.63) is 94.0 Å². The largest absolute Gasteiger partial charge is 0.322 e. The van der Waals surface area contributed by atoms with E-state index in [-0.39, 0.29) is 24.9 Å². The van der Waals surface area contributed by atoms with Gasteiger partial charge in [0.05, 0.1) is 36.3 Å². The average Bonchev–Trinajstić information content (AvgIpc) is 3.25. The average molecular weight is 524 g/mol. The molecule has 2 heterocycles. The van der Waals surface area contributed by atoms with E-state index in [4.69, 9.17) is 23.2 Å². The van der Waals surface area contributed by atoms with Gasteiger partial charge < -0.3 is 4.98 Å². The number of carbonyl (C=O) groups is 2. The Kier molecular flexibility index (Phi) is 6.77. The van der Waals surface area contributed by atoms with Crippen LogP contribution in [0.5, 0.6) is 0 Å². The zero-order valence-electron chi connectivity index (χ0n) is 18.3. The molecule has 0 saturated carbocycles. The molecule has 0 aliphatic carbocycles. The van der Waals surface area contributed by atoms with Crippen molar-refractivity contribution in [2.75, 3.05) is 0 Å². The van der Waals surface area contributed by atoms with E-state index in [1.807, 2.05) is 48.5 Å². The molecular formula is C25H19Cl2N5O2S. The molecule has 0 radical (unpaired) electrons. The van der Waals surface area contributed by atoms with Crippen LogP contribution in [0.15, 0.2) is 77.8 Å². The van der Waals surface area contributed by atoms with Gasteiger partial charge in [-0.3, -0.25) is 18.2 Å². The summed E-state index contributed by atoms with van der Waals surface area (Å²) in [6, 6.07) is 22.1. The molecule has 4 aromatic rings. The van der Waals surface area contributed by atoms with Crippen molar-refractivity contribution in [2.45, 2.75) is 13.1 Å². The molecule has 1 aromatic heterocycles. The van der Waals surface area contributed by atoms with E-state index >= 15 is 0 Å². The van der Waals surface area contributed by atoms with Gasteiger partial charge in [0.25, 0.3) is 11.8 Å². The quantitative estimate of drug-likeness (QED) is 0.196. The van der Waals surface area contributed by atoms with Crippen molar-refractivity contribution in [3.8, 4) is 0 Å². The predicted molar refractivity (Wildman–Crippen MR) is 139 cm³/mol. The Hall–Kier alpha value is -3.33. The highest BCUT2D eigenvalue weighted by Crippen LogP contribution is 2.32. The summed E-state index contributed by atoms with van der Waals surface area (Å²) < 4.78 is 3.10. The number of hydrogen-bond acceptors (Lipinski definition) is 5. The topological polar surface area (TPSA) is 81.7 Å². The molecule has 3 aromatic carbocycles. The maximum atomic E-state index is 13.4. The van der Waals surface area contributed by atoms with Gasteiger partial charge in [-0.05, 0) is 47.5 Å². The summed E-state index contributed by atoms with van der Waals surface area (Å²) in [5.74, 6) is -1.49. The molecule has 7 nitrogen and oxygen atoms in total. The minimum atomic E-state index is -1.09. The Morgan fingerprint density at radius 1 is 0.886 bits per heavy atom. The first-order chi connectivity index (χ1) is 17.0. The number of nitrogens with zero attached hydrogens (tertiary/aromatic N) is 4. The molecule has 0 spiro atoms. The SMILES string of the molecule is O=C1C(C=Nc2nc3ccccc3[nH]2)C(=O)N(Cc2cccc(Cl)c2)SN1Cc1cccc(Cl)c1. The second-order valence-electron chi connectivity index (χ2n) is 7.92. The van der Waals surface area contributed by atoms with E-state index in [9.17, 15) is 9.59 Å². The van der Waals surface area contributed by atoms with Gasteiger partial charge in [0.1, 0.15) is 0 Å². The first kappa shape index (κ1) is 23.4. The maximum Gasteiger partial charge on any atom is 0.252 e. The van der Waals surface area contributed by atoms with E-state index < -0.39 is 5.92 Å². The molecule has 1 fully saturated rings. The molecule has 2 amide bonds. The number of benzene rings is 3. The molecule has 1 saturated heterocycles. The Morgan fingerprint density at radius 3 is 2.06 bits per heavy atom. The van der Waals surface area contributed by atoms with E-state index in [0.717, 1.165) is 34.3 Å². The first-order valence-electron chi connectivity index (χ1n) is 10.7. The van der Waals surface area contributed by atoms with Crippen LogP contribution in [0.3, 0.4) is 0 Å². The van der Waals surface area contributed by atoms with Crippen molar-refractivity contribution in [1.82, 2.24) is 18.6 Å². The summed E-state index contributed by atoms with van der Waals surface area (Å²) in [6.07, 6.45) is 1.36. The van der Waals surface area contributed by atoms with E-state index in [1.165, 1.54) is 6.21 Å². The summed E-state index contributed by atoms with van der Waals surface area (Å²) in [7, 11) is 0. The highest BCUT2D eigenvalue weighted by molar-refractivity contribution is 7.95. The summed E-state index contributed by atoms with van der Waals surface area (Å²) in [5, 5.41) is 1.15. The Labute approximate surface area is 216 Å². The number of hydrogen-bond donors (Lipinski definition) is 1. The third-order valence-corrected chi connectivity index (χ3v) is 6.86. The lowest BCUT2D eigenvalue weighted by molar-refractivity contribution is -0.140. The highest BCUT2D eigenvalue weighted by Gasteiger charge is 2.40. The van der Waals surface area contributed by atoms with Crippen LogP contribution in [0.2, 0.25) is 10.0 Å². The smallest absolute Gasteiger partial charge is 0.252 e. The Balaban J connectivity index is 1.44. The van der Waals surface area contributed by atoms with E-state index in [2.05, 4.69) is 15.0 Å². The standard InChI is InChI=1S/C25H19Cl2N5O2S/c26-18-7-3-5-16(11-18)14-31-23(33)20(13-28-25-29-21-9-1-2-10-22(21)30-25)24(34)32(35-31)15-17-6-4-8-19(27)12-17/h1-13,20H,14-15H2,(H,29,30). The van der Waals surface area contributed by atoms with Gasteiger partial charge in [0.15, 0.2) is 5.92 Å². The summed E-state index contributed by atoms with van der Waals surface area (Å²) in [5.41, 5.74) is 3.27. The fourth-order valence-corrected chi connectivity index (χ4v) is 5.17. The van der Waals surface area contributed by atoms with Crippen LogP contribution in [-0.4, -0.2) is 36.6 Å². The molecular weight excluding hydrogens is 505 g/mol. The van der Waals surface area contributed by atoms with Crippen LogP contribution in [0.1, 0.15) is 11.1 Å². The number of imidazole rings is 1. The molecule has 35 heavy (non-hydrogen) atoms. The van der Waals surface area contributed by atoms with Gasteiger partial charge in [0.2, 0.25) is 5.95 Å². The number of rotatable bonds is 6. The van der Waals surface area contributed by atoms with Crippen molar-refractivity contribution >= 4 is 70.3 Å². The molecule has 0 atom stereocenters. The Bertz CT molecular complexity index is 1340. The van der Waals surface area contributed by atoms with Gasteiger partial charge in [-0.2, -0.15) is 0 Å². The lowest BCUT2D eigenvalue weighted by Crippen LogP contribution is -2.48. The molecule has 176 valence electrons. The molecule has 1 aliphatic heterocycles. The van der Waals surface area contributed by atoms with Crippen molar-refractivity contribution in [1.29, 1.82) is 0 Å². The molecule has 1 N–H and O–H groups in total. The monoisotopic (exact) mass is 523 g/mol. The molecule has 0 unspecified atom stereocenters. The van der Waals surface area contributed by atoms with E-state index in [0.29, 0.717) is 16.0 Å². The van der Waals surface area contributed by atoms with Crippen LogP contribution in [0.25, 0.3) is 11.0 Å². The van der Waals surface area contributed by atoms with Crippen LogP contribution in [-0.2, 0) is 22.7 Å². The van der Waals surface area contributed by atoms with Gasteiger partial charge >= 0.3 is 0 Å². The zero-order chi connectivity index (χ0) is 24.4.